The van der Waals surface area contributed by atoms with Crippen LogP contribution >= 0.6 is 0 Å². The van der Waals surface area contributed by atoms with Gasteiger partial charge in [0.15, 0.2) is 0 Å². The Morgan fingerprint density at radius 1 is 0.955 bits per heavy atom. The first-order valence-electron chi connectivity index (χ1n) is 7.15. The number of aromatic nitrogens is 2. The van der Waals surface area contributed by atoms with Crippen molar-refractivity contribution in [2.75, 3.05) is 7.11 Å². The van der Waals surface area contributed by atoms with Crippen molar-refractivity contribution in [3.63, 3.8) is 0 Å². The molecule has 0 fully saturated rings. The van der Waals surface area contributed by atoms with Gasteiger partial charge in [-0.05, 0) is 35.9 Å². The number of ether oxygens (including phenoxy) is 2. The van der Waals surface area contributed by atoms with Crippen molar-refractivity contribution in [3.8, 4) is 17.0 Å². The molecule has 0 saturated heterocycles. The first-order valence-corrected chi connectivity index (χ1v) is 7.15. The quantitative estimate of drug-likeness (QED) is 0.752. The van der Waals surface area contributed by atoms with Crippen LogP contribution in [0.3, 0.4) is 0 Å². The SMILES string of the molecule is COc1ccc(-c2cc(COCc3ccccc3)[nH]n2)cc1. The molecule has 0 aliphatic carbocycles. The molecular formula is C18H18N2O2. The lowest BCUT2D eigenvalue weighted by Gasteiger charge is -2.02. The smallest absolute Gasteiger partial charge is 0.118 e. The maximum Gasteiger partial charge on any atom is 0.118 e. The topological polar surface area (TPSA) is 47.1 Å². The molecule has 4 nitrogen and oxygen atoms in total. The average Bonchev–Trinajstić information content (AvgIpc) is 3.05. The van der Waals surface area contributed by atoms with E-state index in [1.807, 2.05) is 48.5 Å². The highest BCUT2D eigenvalue weighted by Crippen LogP contribution is 2.21. The summed E-state index contributed by atoms with van der Waals surface area (Å²) in [5.41, 5.74) is 4.08. The molecule has 0 unspecified atom stereocenters. The maximum atomic E-state index is 5.70. The summed E-state index contributed by atoms with van der Waals surface area (Å²) in [6, 6.07) is 20.0. The zero-order valence-electron chi connectivity index (χ0n) is 12.5. The van der Waals surface area contributed by atoms with Crippen LogP contribution in [0.15, 0.2) is 60.7 Å². The Kier molecular flexibility index (Phi) is 4.51. The summed E-state index contributed by atoms with van der Waals surface area (Å²) in [6.07, 6.45) is 0. The van der Waals surface area contributed by atoms with E-state index in [1.165, 1.54) is 0 Å². The molecule has 3 aromatic rings. The van der Waals surface area contributed by atoms with Gasteiger partial charge in [-0.2, -0.15) is 5.10 Å². The standard InChI is InChI=1S/C18H18N2O2/c1-21-17-9-7-15(8-10-17)18-11-16(19-20-18)13-22-12-14-5-3-2-4-6-14/h2-11H,12-13H2,1H3,(H,19,20). The Hall–Kier alpha value is -2.59. The van der Waals surface area contributed by atoms with E-state index in [4.69, 9.17) is 9.47 Å². The number of hydrogen-bond donors (Lipinski definition) is 1. The van der Waals surface area contributed by atoms with E-state index < -0.39 is 0 Å². The van der Waals surface area contributed by atoms with Crippen LogP contribution in [0.2, 0.25) is 0 Å². The summed E-state index contributed by atoms with van der Waals surface area (Å²) in [4.78, 5) is 0. The number of hydrogen-bond acceptors (Lipinski definition) is 3. The number of nitrogens with one attached hydrogen (secondary N) is 1. The third-order valence-electron chi connectivity index (χ3n) is 3.39. The van der Waals surface area contributed by atoms with Gasteiger partial charge in [0.2, 0.25) is 0 Å². The average molecular weight is 294 g/mol. The van der Waals surface area contributed by atoms with Gasteiger partial charge in [0.05, 0.1) is 31.7 Å². The van der Waals surface area contributed by atoms with Crippen LogP contribution < -0.4 is 4.74 Å². The maximum absolute atomic E-state index is 5.70. The Bertz CT molecular complexity index is 705. The van der Waals surface area contributed by atoms with E-state index in [9.17, 15) is 0 Å². The summed E-state index contributed by atoms with van der Waals surface area (Å²) in [5.74, 6) is 0.839. The van der Waals surface area contributed by atoms with Crippen LogP contribution in [0.5, 0.6) is 5.75 Å². The van der Waals surface area contributed by atoms with E-state index in [0.717, 1.165) is 28.3 Å². The molecule has 0 bridgehead atoms. The molecule has 1 heterocycles. The number of aromatic amines is 1. The van der Waals surface area contributed by atoms with Gasteiger partial charge in [0, 0.05) is 5.56 Å². The number of nitrogens with zero attached hydrogens (tertiary/aromatic N) is 1. The predicted octanol–water partition coefficient (Wildman–Crippen LogP) is 3.80. The monoisotopic (exact) mass is 294 g/mol. The van der Waals surface area contributed by atoms with Crippen molar-refractivity contribution >= 4 is 0 Å². The minimum Gasteiger partial charge on any atom is -0.497 e. The normalized spacial score (nSPS) is 10.6. The molecular weight excluding hydrogens is 276 g/mol. The fourth-order valence-electron chi connectivity index (χ4n) is 2.20. The lowest BCUT2D eigenvalue weighted by Crippen LogP contribution is -1.94. The van der Waals surface area contributed by atoms with Gasteiger partial charge in [-0.1, -0.05) is 30.3 Å². The van der Waals surface area contributed by atoms with Crippen LogP contribution in [0.1, 0.15) is 11.3 Å². The van der Waals surface area contributed by atoms with Gasteiger partial charge in [-0.15, -0.1) is 0 Å². The van der Waals surface area contributed by atoms with Crippen molar-refractivity contribution in [1.82, 2.24) is 10.2 Å². The van der Waals surface area contributed by atoms with Gasteiger partial charge in [0.25, 0.3) is 0 Å². The first kappa shape index (κ1) is 14.4. The minimum absolute atomic E-state index is 0.512. The lowest BCUT2D eigenvalue weighted by atomic mass is 10.1. The molecule has 112 valence electrons. The zero-order valence-corrected chi connectivity index (χ0v) is 12.5. The summed E-state index contributed by atoms with van der Waals surface area (Å²) in [6.45, 7) is 1.11. The van der Waals surface area contributed by atoms with Crippen molar-refractivity contribution in [3.05, 3.63) is 71.9 Å². The number of rotatable bonds is 6. The second-order valence-electron chi connectivity index (χ2n) is 4.99. The second-order valence-corrected chi connectivity index (χ2v) is 4.99. The van der Waals surface area contributed by atoms with Crippen LogP contribution in [-0.4, -0.2) is 17.3 Å². The second kappa shape index (κ2) is 6.91. The molecule has 3 rings (SSSR count). The molecule has 0 spiro atoms. The summed E-state index contributed by atoms with van der Waals surface area (Å²) < 4.78 is 10.9. The Balaban J connectivity index is 1.58. The van der Waals surface area contributed by atoms with Gasteiger partial charge in [-0.3, -0.25) is 5.10 Å². The largest absolute Gasteiger partial charge is 0.497 e. The van der Waals surface area contributed by atoms with E-state index in [2.05, 4.69) is 22.3 Å². The Labute approximate surface area is 129 Å². The van der Waals surface area contributed by atoms with Gasteiger partial charge in [-0.25, -0.2) is 0 Å². The van der Waals surface area contributed by atoms with Crippen LogP contribution in [0.4, 0.5) is 0 Å². The Morgan fingerprint density at radius 2 is 1.73 bits per heavy atom. The highest BCUT2D eigenvalue weighted by atomic mass is 16.5. The molecule has 0 radical (unpaired) electrons. The van der Waals surface area contributed by atoms with Crippen molar-refractivity contribution < 1.29 is 9.47 Å². The summed E-state index contributed by atoms with van der Waals surface area (Å²) in [5, 5.41) is 7.33. The molecule has 0 atom stereocenters. The predicted molar refractivity (Wildman–Crippen MR) is 85.5 cm³/mol. The number of methoxy groups -OCH3 is 1. The highest BCUT2D eigenvalue weighted by molar-refractivity contribution is 5.60. The zero-order chi connectivity index (χ0) is 15.2. The van der Waals surface area contributed by atoms with E-state index in [1.54, 1.807) is 7.11 Å². The minimum atomic E-state index is 0.512. The molecule has 0 aliphatic rings. The van der Waals surface area contributed by atoms with E-state index in [-0.39, 0.29) is 0 Å². The van der Waals surface area contributed by atoms with Crippen molar-refractivity contribution in [2.24, 2.45) is 0 Å². The molecule has 0 amide bonds. The third-order valence-corrected chi connectivity index (χ3v) is 3.39. The van der Waals surface area contributed by atoms with E-state index >= 15 is 0 Å². The molecule has 2 aromatic carbocycles. The van der Waals surface area contributed by atoms with Crippen LogP contribution in [-0.2, 0) is 18.0 Å². The third kappa shape index (κ3) is 3.54. The lowest BCUT2D eigenvalue weighted by molar-refractivity contribution is 0.104. The summed E-state index contributed by atoms with van der Waals surface area (Å²) >= 11 is 0. The van der Waals surface area contributed by atoms with Crippen molar-refractivity contribution in [1.29, 1.82) is 0 Å². The molecule has 0 saturated carbocycles. The van der Waals surface area contributed by atoms with E-state index in [0.29, 0.717) is 13.2 Å². The number of benzene rings is 2. The molecule has 1 aromatic heterocycles. The van der Waals surface area contributed by atoms with Crippen LogP contribution in [0.25, 0.3) is 11.3 Å². The van der Waals surface area contributed by atoms with Crippen molar-refractivity contribution in [2.45, 2.75) is 13.2 Å². The molecule has 1 N–H and O–H groups in total. The van der Waals surface area contributed by atoms with Crippen LogP contribution in [0, 0.1) is 0 Å². The van der Waals surface area contributed by atoms with Gasteiger partial charge in [0.1, 0.15) is 5.75 Å². The number of H-pyrrole nitrogens is 1. The fraction of sp³-hybridized carbons (Fsp3) is 0.167. The first-order chi connectivity index (χ1) is 10.8. The fourth-order valence-corrected chi connectivity index (χ4v) is 2.20. The Morgan fingerprint density at radius 3 is 2.45 bits per heavy atom. The highest BCUT2D eigenvalue weighted by Gasteiger charge is 2.04. The van der Waals surface area contributed by atoms with Gasteiger partial charge < -0.3 is 9.47 Å². The molecule has 0 aliphatic heterocycles. The van der Waals surface area contributed by atoms with Gasteiger partial charge >= 0.3 is 0 Å². The summed E-state index contributed by atoms with van der Waals surface area (Å²) in [7, 11) is 1.66. The molecule has 4 heteroatoms. The molecule has 22 heavy (non-hydrogen) atoms.